The van der Waals surface area contributed by atoms with Crippen molar-refractivity contribution in [3.8, 4) is 0 Å². The third kappa shape index (κ3) is 6.15. The summed E-state index contributed by atoms with van der Waals surface area (Å²) in [6.07, 6.45) is 5.41. The summed E-state index contributed by atoms with van der Waals surface area (Å²) in [6, 6.07) is 9.90. The van der Waals surface area contributed by atoms with Crippen molar-refractivity contribution in [3.63, 3.8) is 0 Å². The molecule has 0 saturated carbocycles. The van der Waals surface area contributed by atoms with E-state index in [-0.39, 0.29) is 10.7 Å². The fourth-order valence-electron chi connectivity index (χ4n) is 2.61. The Hall–Kier alpha value is -2.69. The van der Waals surface area contributed by atoms with Gasteiger partial charge < -0.3 is 5.32 Å². The molecule has 2 N–H and O–H groups in total. The second-order valence-corrected chi connectivity index (χ2v) is 9.21. The van der Waals surface area contributed by atoms with Gasteiger partial charge in [0.15, 0.2) is 5.13 Å². The lowest BCUT2D eigenvalue weighted by molar-refractivity contribution is 0.103. The molecule has 0 fully saturated rings. The van der Waals surface area contributed by atoms with Crippen LogP contribution in [0, 0.1) is 5.82 Å². The van der Waals surface area contributed by atoms with E-state index in [1.54, 1.807) is 24.4 Å². The van der Waals surface area contributed by atoms with Crippen molar-refractivity contribution in [1.82, 2.24) is 14.7 Å². The molecule has 3 aromatic rings. The zero-order chi connectivity index (χ0) is 21.4. The second kappa shape index (κ2) is 10.4. The molecule has 0 bridgehead atoms. The molecule has 3 rings (SSSR count). The van der Waals surface area contributed by atoms with Crippen molar-refractivity contribution < 1.29 is 17.6 Å². The monoisotopic (exact) mass is 448 g/mol. The van der Waals surface area contributed by atoms with Crippen LogP contribution in [0.2, 0.25) is 0 Å². The molecule has 0 aliphatic rings. The van der Waals surface area contributed by atoms with Crippen molar-refractivity contribution in [2.75, 3.05) is 18.4 Å². The Kier molecular flexibility index (Phi) is 7.61. The number of aromatic nitrogens is 2. The molecular weight excluding hydrogens is 427 g/mol. The third-order valence-electron chi connectivity index (χ3n) is 4.17. The molecule has 0 aliphatic carbocycles. The number of hydrogen-bond acceptors (Lipinski definition) is 7. The van der Waals surface area contributed by atoms with Crippen LogP contribution in [-0.4, -0.2) is 37.3 Å². The lowest BCUT2D eigenvalue weighted by Gasteiger charge is -2.07. The number of hydrogen-bond donors (Lipinski definition) is 2. The maximum Gasteiger partial charge on any atom is 0.240 e. The standard InChI is InChI=1S/C20H21FN4O3S2/c21-15-7-9-16(10-8-15)30(27,28)25-13-4-1-3-12-23-20-24-14-18(29-20)19(26)17-6-2-5-11-22-17/h2,5-11,14,25H,1,3-4,12-13H2,(H,23,24). The van der Waals surface area contributed by atoms with E-state index < -0.39 is 15.8 Å². The highest BCUT2D eigenvalue weighted by atomic mass is 32.2. The van der Waals surface area contributed by atoms with E-state index in [1.807, 2.05) is 0 Å². The highest BCUT2D eigenvalue weighted by Gasteiger charge is 2.14. The topological polar surface area (TPSA) is 101 Å². The second-order valence-electron chi connectivity index (χ2n) is 6.41. The number of pyridine rings is 1. The van der Waals surface area contributed by atoms with Crippen LogP contribution < -0.4 is 10.0 Å². The maximum atomic E-state index is 12.9. The van der Waals surface area contributed by atoms with Gasteiger partial charge in [0.2, 0.25) is 15.8 Å². The first-order valence-electron chi connectivity index (χ1n) is 9.36. The predicted octanol–water partition coefficient (Wildman–Crippen LogP) is 3.47. The molecular formula is C20H21FN4O3S2. The Labute approximate surface area is 178 Å². The fourth-order valence-corrected chi connectivity index (χ4v) is 4.47. The van der Waals surface area contributed by atoms with Crippen LogP contribution in [0.4, 0.5) is 9.52 Å². The summed E-state index contributed by atoms with van der Waals surface area (Å²) >= 11 is 1.28. The van der Waals surface area contributed by atoms with Crippen molar-refractivity contribution in [2.24, 2.45) is 0 Å². The number of sulfonamides is 1. The van der Waals surface area contributed by atoms with Crippen molar-refractivity contribution in [3.05, 3.63) is 71.2 Å². The van der Waals surface area contributed by atoms with Crippen molar-refractivity contribution in [1.29, 1.82) is 0 Å². The SMILES string of the molecule is O=C(c1ccccn1)c1cnc(NCCCCCNS(=O)(=O)c2ccc(F)cc2)s1. The minimum Gasteiger partial charge on any atom is -0.362 e. The van der Waals surface area contributed by atoms with Gasteiger partial charge in [0.25, 0.3) is 0 Å². The van der Waals surface area contributed by atoms with Gasteiger partial charge in [-0.3, -0.25) is 9.78 Å². The number of anilines is 1. The number of ketones is 1. The number of carbonyl (C=O) groups is 1. The lowest BCUT2D eigenvalue weighted by atomic mass is 10.2. The molecule has 0 unspecified atom stereocenters. The fraction of sp³-hybridized carbons (Fsp3) is 0.250. The van der Waals surface area contributed by atoms with E-state index >= 15 is 0 Å². The summed E-state index contributed by atoms with van der Waals surface area (Å²) in [5, 5.41) is 3.83. The molecule has 1 aromatic carbocycles. The zero-order valence-corrected chi connectivity index (χ0v) is 17.7. The quantitative estimate of drug-likeness (QED) is 0.344. The number of benzene rings is 1. The molecule has 0 aliphatic heterocycles. The first-order chi connectivity index (χ1) is 14.5. The molecule has 0 amide bonds. The molecule has 0 saturated heterocycles. The minimum absolute atomic E-state index is 0.0467. The van der Waals surface area contributed by atoms with Gasteiger partial charge in [-0.2, -0.15) is 0 Å². The third-order valence-corrected chi connectivity index (χ3v) is 6.60. The van der Waals surface area contributed by atoms with Crippen molar-refractivity contribution >= 4 is 32.3 Å². The van der Waals surface area contributed by atoms with Crippen LogP contribution in [0.15, 0.2) is 59.8 Å². The molecule has 2 aromatic heterocycles. The van der Waals surface area contributed by atoms with Crippen molar-refractivity contribution in [2.45, 2.75) is 24.2 Å². The van der Waals surface area contributed by atoms with Gasteiger partial charge in [0.05, 0.1) is 16.0 Å². The van der Waals surface area contributed by atoms with Gasteiger partial charge in [0.1, 0.15) is 11.5 Å². The average molecular weight is 449 g/mol. The first kappa shape index (κ1) is 22.0. The molecule has 30 heavy (non-hydrogen) atoms. The van der Waals surface area contributed by atoms with Gasteiger partial charge in [-0.15, -0.1) is 0 Å². The first-order valence-corrected chi connectivity index (χ1v) is 11.7. The van der Waals surface area contributed by atoms with E-state index in [0.717, 1.165) is 25.0 Å². The van der Waals surface area contributed by atoms with Crippen LogP contribution in [0.25, 0.3) is 0 Å². The summed E-state index contributed by atoms with van der Waals surface area (Å²) in [5.41, 5.74) is 0.385. The Morgan fingerprint density at radius 1 is 1.00 bits per heavy atom. The van der Waals surface area contributed by atoms with E-state index in [4.69, 9.17) is 0 Å². The normalized spacial score (nSPS) is 11.4. The number of nitrogens with zero attached hydrogens (tertiary/aromatic N) is 2. The molecule has 10 heteroatoms. The summed E-state index contributed by atoms with van der Waals surface area (Å²) < 4.78 is 39.6. The Morgan fingerprint density at radius 3 is 2.50 bits per heavy atom. The zero-order valence-electron chi connectivity index (χ0n) is 16.0. The van der Waals surface area contributed by atoms with E-state index in [2.05, 4.69) is 20.0 Å². The summed E-state index contributed by atoms with van der Waals surface area (Å²) in [6.45, 7) is 0.967. The lowest BCUT2D eigenvalue weighted by Crippen LogP contribution is -2.24. The summed E-state index contributed by atoms with van der Waals surface area (Å²) in [5.74, 6) is -0.635. The number of rotatable bonds is 11. The average Bonchev–Trinajstić information content (AvgIpc) is 3.22. The van der Waals surface area contributed by atoms with Crippen LogP contribution in [0.3, 0.4) is 0 Å². The van der Waals surface area contributed by atoms with Gasteiger partial charge >= 0.3 is 0 Å². The van der Waals surface area contributed by atoms with Gasteiger partial charge in [-0.25, -0.2) is 22.5 Å². The Morgan fingerprint density at radius 2 is 1.77 bits per heavy atom. The number of nitrogens with one attached hydrogen (secondary N) is 2. The van der Waals surface area contributed by atoms with Crippen LogP contribution in [0.1, 0.15) is 34.6 Å². The predicted molar refractivity (Wildman–Crippen MR) is 114 cm³/mol. The molecule has 2 heterocycles. The van der Waals surface area contributed by atoms with E-state index in [9.17, 15) is 17.6 Å². The Balaban J connectivity index is 1.34. The van der Waals surface area contributed by atoms with Gasteiger partial charge in [0, 0.05) is 19.3 Å². The maximum absolute atomic E-state index is 12.9. The smallest absolute Gasteiger partial charge is 0.240 e. The van der Waals surface area contributed by atoms with Crippen LogP contribution in [-0.2, 0) is 10.0 Å². The molecule has 0 radical (unpaired) electrons. The molecule has 0 atom stereocenters. The minimum atomic E-state index is -3.62. The highest BCUT2D eigenvalue weighted by molar-refractivity contribution is 7.89. The molecule has 0 spiro atoms. The number of thiazole rings is 1. The van der Waals surface area contributed by atoms with Crippen LogP contribution >= 0.6 is 11.3 Å². The number of halogens is 1. The number of carbonyl (C=O) groups excluding carboxylic acids is 1. The Bertz CT molecular complexity index is 1070. The van der Waals surface area contributed by atoms with E-state index in [1.165, 1.54) is 29.7 Å². The largest absolute Gasteiger partial charge is 0.362 e. The molecule has 158 valence electrons. The van der Waals surface area contributed by atoms with Gasteiger partial charge in [-0.1, -0.05) is 23.8 Å². The summed E-state index contributed by atoms with van der Waals surface area (Å²) in [7, 11) is -3.62. The van der Waals surface area contributed by atoms with E-state index in [0.29, 0.717) is 35.2 Å². The summed E-state index contributed by atoms with van der Waals surface area (Å²) in [4.78, 5) is 21.1. The van der Waals surface area contributed by atoms with Crippen LogP contribution in [0.5, 0.6) is 0 Å². The molecule has 7 nitrogen and oxygen atoms in total. The van der Waals surface area contributed by atoms with Gasteiger partial charge in [-0.05, 0) is 49.2 Å². The highest BCUT2D eigenvalue weighted by Crippen LogP contribution is 2.20. The number of unbranched alkanes of at least 4 members (excludes halogenated alkanes) is 2.